The lowest BCUT2D eigenvalue weighted by atomic mass is 9.99. The summed E-state index contributed by atoms with van der Waals surface area (Å²) in [5.41, 5.74) is 0.999. The van der Waals surface area contributed by atoms with Crippen molar-refractivity contribution >= 4 is 31.5 Å². The summed E-state index contributed by atoms with van der Waals surface area (Å²) in [6.07, 6.45) is 1.15. The summed E-state index contributed by atoms with van der Waals surface area (Å²) in [4.78, 5) is 10.3. The first kappa shape index (κ1) is 15.1. The molecule has 18 heavy (non-hydrogen) atoms. The van der Waals surface area contributed by atoms with Crippen LogP contribution in [-0.2, 0) is 19.9 Å². The third-order valence-corrected chi connectivity index (χ3v) is 5.74. The van der Waals surface area contributed by atoms with Gasteiger partial charge in [-0.25, -0.2) is 8.42 Å². The predicted octanol–water partition coefficient (Wildman–Crippen LogP) is 2.77. The van der Waals surface area contributed by atoms with E-state index in [1.807, 2.05) is 0 Å². The van der Waals surface area contributed by atoms with Crippen LogP contribution in [0.2, 0.25) is 0 Å². The summed E-state index contributed by atoms with van der Waals surface area (Å²) in [6.45, 7) is 3.17. The first-order valence-corrected chi connectivity index (χ1v) is 8.16. The number of rotatable bonds is 4. The number of sulfone groups is 1. The summed E-state index contributed by atoms with van der Waals surface area (Å²) < 4.78 is 22.4. The number of nitro benzene ring substituents is 1. The Labute approximate surface area is 114 Å². The smallest absolute Gasteiger partial charge is 0.258 e. The molecule has 1 aromatic rings. The molecule has 0 N–H and O–H groups in total. The quantitative estimate of drug-likeness (QED) is 0.481. The molecule has 0 bridgehead atoms. The Kier molecular flexibility index (Phi) is 4.17. The highest BCUT2D eigenvalue weighted by atomic mass is 79.9. The van der Waals surface area contributed by atoms with Crippen LogP contribution >= 0.6 is 15.9 Å². The molecule has 0 aromatic heterocycles. The highest BCUT2D eigenvalue weighted by molar-refractivity contribution is 9.08. The van der Waals surface area contributed by atoms with Crippen molar-refractivity contribution in [2.24, 2.45) is 0 Å². The molecule has 0 saturated carbocycles. The van der Waals surface area contributed by atoms with E-state index in [9.17, 15) is 18.5 Å². The summed E-state index contributed by atoms with van der Waals surface area (Å²) in [6, 6.07) is 4.40. The van der Waals surface area contributed by atoms with E-state index in [-0.39, 0.29) is 5.69 Å². The first-order chi connectivity index (χ1) is 8.11. The fourth-order valence-electron chi connectivity index (χ4n) is 1.46. The molecule has 1 aromatic carbocycles. The lowest BCUT2D eigenvalue weighted by molar-refractivity contribution is -0.385. The van der Waals surface area contributed by atoms with E-state index >= 15 is 0 Å². The van der Waals surface area contributed by atoms with E-state index in [1.165, 1.54) is 12.1 Å². The zero-order valence-electron chi connectivity index (χ0n) is 10.3. The van der Waals surface area contributed by atoms with E-state index in [4.69, 9.17) is 0 Å². The van der Waals surface area contributed by atoms with E-state index < -0.39 is 19.5 Å². The molecule has 0 atom stereocenters. The number of benzene rings is 1. The van der Waals surface area contributed by atoms with Crippen molar-refractivity contribution < 1.29 is 13.3 Å². The summed E-state index contributed by atoms with van der Waals surface area (Å²) >= 11 is 3.17. The van der Waals surface area contributed by atoms with Gasteiger partial charge in [-0.15, -0.1) is 0 Å². The van der Waals surface area contributed by atoms with Crippen molar-refractivity contribution in [3.8, 4) is 0 Å². The number of nitrogens with zero attached hydrogens (tertiary/aromatic N) is 1. The van der Waals surface area contributed by atoms with Gasteiger partial charge in [-0.05, 0) is 25.5 Å². The van der Waals surface area contributed by atoms with E-state index in [0.717, 1.165) is 6.26 Å². The largest absolute Gasteiger partial charge is 0.273 e. The van der Waals surface area contributed by atoms with Crippen LogP contribution in [0.5, 0.6) is 0 Å². The van der Waals surface area contributed by atoms with Gasteiger partial charge >= 0.3 is 0 Å². The van der Waals surface area contributed by atoms with Crippen LogP contribution in [-0.4, -0.2) is 19.6 Å². The molecule has 7 heteroatoms. The maximum absolute atomic E-state index is 11.7. The van der Waals surface area contributed by atoms with Gasteiger partial charge in [0.2, 0.25) is 0 Å². The Hall–Kier alpha value is -0.950. The van der Waals surface area contributed by atoms with Crippen molar-refractivity contribution in [2.45, 2.75) is 23.9 Å². The van der Waals surface area contributed by atoms with Gasteiger partial charge in [0.05, 0.1) is 9.67 Å². The molecule has 0 fully saturated rings. The van der Waals surface area contributed by atoms with E-state index in [0.29, 0.717) is 16.5 Å². The second-order valence-electron chi connectivity index (χ2n) is 4.52. The van der Waals surface area contributed by atoms with E-state index in [1.54, 1.807) is 19.9 Å². The normalized spacial score (nSPS) is 12.4. The molecule has 0 aliphatic heterocycles. The molecule has 0 unspecified atom stereocenters. The van der Waals surface area contributed by atoms with Gasteiger partial charge in [0.25, 0.3) is 5.69 Å². The Balaban J connectivity index is 3.43. The predicted molar refractivity (Wildman–Crippen MR) is 73.6 cm³/mol. The number of hydrogen-bond acceptors (Lipinski definition) is 4. The van der Waals surface area contributed by atoms with Gasteiger partial charge in [0.15, 0.2) is 9.84 Å². The van der Waals surface area contributed by atoms with Crippen molar-refractivity contribution in [3.63, 3.8) is 0 Å². The molecule has 0 aliphatic carbocycles. The second-order valence-corrected chi connectivity index (χ2v) is 7.64. The van der Waals surface area contributed by atoms with E-state index in [2.05, 4.69) is 15.9 Å². The maximum Gasteiger partial charge on any atom is 0.273 e. The molecule has 0 aliphatic rings. The minimum absolute atomic E-state index is 0.0140. The Morgan fingerprint density at radius 2 is 1.94 bits per heavy atom. The highest BCUT2D eigenvalue weighted by Gasteiger charge is 2.33. The SMILES string of the molecule is CC(C)(c1ccc([N+](=O)[O-])c(CBr)c1)S(C)(=O)=O. The first-order valence-electron chi connectivity index (χ1n) is 5.14. The average Bonchev–Trinajstić information content (AvgIpc) is 2.26. The number of nitro groups is 1. The van der Waals surface area contributed by atoms with Crippen LogP contribution in [0.3, 0.4) is 0 Å². The van der Waals surface area contributed by atoms with Crippen LogP contribution in [0.15, 0.2) is 18.2 Å². The van der Waals surface area contributed by atoms with Crippen molar-refractivity contribution in [3.05, 3.63) is 39.4 Å². The van der Waals surface area contributed by atoms with Crippen LogP contribution in [0, 0.1) is 10.1 Å². The topological polar surface area (TPSA) is 77.3 Å². The Morgan fingerprint density at radius 3 is 2.33 bits per heavy atom. The Morgan fingerprint density at radius 1 is 1.39 bits per heavy atom. The van der Waals surface area contributed by atoms with Crippen LogP contribution < -0.4 is 0 Å². The lowest BCUT2D eigenvalue weighted by Gasteiger charge is -2.23. The highest BCUT2D eigenvalue weighted by Crippen LogP contribution is 2.32. The van der Waals surface area contributed by atoms with Crippen LogP contribution in [0.1, 0.15) is 25.0 Å². The fourth-order valence-corrected chi connectivity index (χ4v) is 2.46. The molecule has 100 valence electrons. The molecular weight excluding hydrogens is 322 g/mol. The molecule has 0 spiro atoms. The minimum Gasteiger partial charge on any atom is -0.258 e. The molecule has 1 rings (SSSR count). The molecule has 5 nitrogen and oxygen atoms in total. The molecule has 0 amide bonds. The fraction of sp³-hybridized carbons (Fsp3) is 0.455. The standard InChI is InChI=1S/C11H14BrNO4S/c1-11(2,18(3,16)17)9-4-5-10(13(14)15)8(6-9)7-12/h4-6H,7H2,1-3H3. The summed E-state index contributed by atoms with van der Waals surface area (Å²) in [5, 5.41) is 11.1. The van der Waals surface area contributed by atoms with Gasteiger partial charge in [-0.2, -0.15) is 0 Å². The lowest BCUT2D eigenvalue weighted by Crippen LogP contribution is -2.28. The maximum atomic E-state index is 11.7. The zero-order chi connectivity index (χ0) is 14.1. The zero-order valence-corrected chi connectivity index (χ0v) is 12.7. The molecule has 0 heterocycles. The number of halogens is 1. The third-order valence-electron chi connectivity index (χ3n) is 3.04. The van der Waals surface area contributed by atoms with Gasteiger partial charge in [-0.1, -0.05) is 22.0 Å². The molecular formula is C11H14BrNO4S. The Bertz CT molecular complexity index is 581. The van der Waals surface area contributed by atoms with Gasteiger partial charge in [-0.3, -0.25) is 10.1 Å². The molecule has 0 saturated heterocycles. The summed E-state index contributed by atoms with van der Waals surface area (Å²) in [7, 11) is -3.30. The van der Waals surface area contributed by atoms with Crippen LogP contribution in [0.4, 0.5) is 5.69 Å². The monoisotopic (exact) mass is 335 g/mol. The van der Waals surface area contributed by atoms with Gasteiger partial charge < -0.3 is 0 Å². The van der Waals surface area contributed by atoms with Crippen molar-refractivity contribution in [2.75, 3.05) is 6.26 Å². The summed E-state index contributed by atoms with van der Waals surface area (Å²) in [5.74, 6) is 0. The van der Waals surface area contributed by atoms with Gasteiger partial charge in [0.1, 0.15) is 0 Å². The van der Waals surface area contributed by atoms with Crippen molar-refractivity contribution in [1.82, 2.24) is 0 Å². The van der Waals surface area contributed by atoms with Crippen molar-refractivity contribution in [1.29, 1.82) is 0 Å². The number of alkyl halides is 1. The second kappa shape index (κ2) is 4.97. The minimum atomic E-state index is -3.30. The molecule has 0 radical (unpaired) electrons. The third kappa shape index (κ3) is 2.72. The number of hydrogen-bond donors (Lipinski definition) is 0. The van der Waals surface area contributed by atoms with Gasteiger partial charge in [0, 0.05) is 23.2 Å². The van der Waals surface area contributed by atoms with Crippen LogP contribution in [0.25, 0.3) is 0 Å². The average molecular weight is 336 g/mol.